The Morgan fingerprint density at radius 1 is 1.25 bits per heavy atom. The van der Waals surface area contributed by atoms with Gasteiger partial charge in [-0.3, -0.25) is 0 Å². The van der Waals surface area contributed by atoms with Gasteiger partial charge in [0.1, 0.15) is 0 Å². The molecule has 0 heterocycles. The molecule has 0 aliphatic rings. The Kier molecular flexibility index (Phi) is 2.58. The van der Waals surface area contributed by atoms with Gasteiger partial charge in [0.2, 0.25) is 0 Å². The topological polar surface area (TPSA) is 20.2 Å². The number of halogens is 2. The van der Waals surface area contributed by atoms with Crippen LogP contribution in [-0.4, -0.2) is 10.0 Å². The van der Waals surface area contributed by atoms with Crippen molar-refractivity contribution in [3.63, 3.8) is 0 Å². The summed E-state index contributed by atoms with van der Waals surface area (Å²) >= 11 is 10.9. The van der Waals surface area contributed by atoms with Crippen LogP contribution in [0.25, 0.3) is 0 Å². The van der Waals surface area contributed by atoms with Crippen LogP contribution in [0.2, 0.25) is 0 Å². The fraction of sp³-hybridized carbons (Fsp3) is 1.00. The van der Waals surface area contributed by atoms with Crippen LogP contribution in [0.4, 0.5) is 0 Å². The van der Waals surface area contributed by atoms with E-state index in [4.69, 9.17) is 27.4 Å². The molecule has 0 bridgehead atoms. The summed E-state index contributed by atoms with van der Waals surface area (Å²) in [5.41, 5.74) is 0. The molecule has 8 heavy (non-hydrogen) atoms. The molecule has 0 aromatic carbocycles. The molecule has 0 fully saturated rings. The predicted molar refractivity (Wildman–Crippen MR) is 42.0 cm³/mol. The van der Waals surface area contributed by atoms with Crippen molar-refractivity contribution in [3.8, 4) is 0 Å². The third kappa shape index (κ3) is 2.50. The van der Waals surface area contributed by atoms with Crippen molar-refractivity contribution in [1.29, 1.82) is 0 Å². The molecule has 0 saturated carbocycles. The third-order valence-corrected chi connectivity index (χ3v) is 6.11. The minimum atomic E-state index is -2.91. The molecule has 0 aromatic heterocycles. The van der Waals surface area contributed by atoms with Gasteiger partial charge in [-0.25, -0.2) is 0 Å². The van der Waals surface area contributed by atoms with Gasteiger partial charge in [-0.05, 0) is 0 Å². The number of rotatable bonds is 0. The minimum absolute atomic E-state index is 0.337. The Hall–Kier alpha value is 0.970. The summed E-state index contributed by atoms with van der Waals surface area (Å²) < 4.78 is 0. The summed E-state index contributed by atoms with van der Waals surface area (Å²) in [5.74, 6) is 0. The van der Waals surface area contributed by atoms with E-state index in [2.05, 4.69) is 0 Å². The molecule has 4 heteroatoms. The Labute approximate surface area is 60.0 Å². The van der Waals surface area contributed by atoms with Gasteiger partial charge in [0.05, 0.1) is 0 Å². The van der Waals surface area contributed by atoms with Gasteiger partial charge in [-0.1, -0.05) is 0 Å². The second-order valence-corrected chi connectivity index (χ2v) is 9.24. The molecule has 0 radical (unpaired) electrons. The zero-order valence-electron chi connectivity index (χ0n) is 5.20. The SMILES string of the molecule is CC(C)(C)[PH](O)(Cl)Cl. The van der Waals surface area contributed by atoms with Gasteiger partial charge in [-0.15, -0.1) is 0 Å². The first-order valence-corrected chi connectivity index (χ1v) is 6.32. The molecule has 0 unspecified atom stereocenters. The molecule has 52 valence electrons. The van der Waals surface area contributed by atoms with Crippen LogP contribution in [0.1, 0.15) is 20.8 Å². The third-order valence-electron chi connectivity index (χ3n) is 0.902. The van der Waals surface area contributed by atoms with E-state index < -0.39 is 6.19 Å². The van der Waals surface area contributed by atoms with Crippen molar-refractivity contribution in [3.05, 3.63) is 0 Å². The molecule has 0 aromatic rings. The van der Waals surface area contributed by atoms with Crippen LogP contribution in [0, 0.1) is 0 Å². The summed E-state index contributed by atoms with van der Waals surface area (Å²) in [6, 6.07) is 0. The normalized spacial score (nSPS) is 16.2. The molecule has 0 aliphatic heterocycles. The van der Waals surface area contributed by atoms with Crippen molar-refractivity contribution < 1.29 is 4.89 Å². The fourth-order valence-corrected chi connectivity index (χ4v) is 0. The monoisotopic (exact) mass is 176 g/mol. The molecule has 0 spiro atoms. The standard InChI is InChI=1S/C4H11Cl2OP/c1-4(2,3)8(5,6)7/h7-8H,1-3H3. The van der Waals surface area contributed by atoms with Gasteiger partial charge >= 0.3 is 59.5 Å². The van der Waals surface area contributed by atoms with Crippen LogP contribution in [0.5, 0.6) is 0 Å². The van der Waals surface area contributed by atoms with Crippen molar-refractivity contribution in [1.82, 2.24) is 0 Å². The maximum atomic E-state index is 9.02. The van der Waals surface area contributed by atoms with Gasteiger partial charge < -0.3 is 0 Å². The van der Waals surface area contributed by atoms with Crippen molar-refractivity contribution in [2.45, 2.75) is 25.9 Å². The van der Waals surface area contributed by atoms with E-state index in [0.29, 0.717) is 0 Å². The molecular weight excluding hydrogens is 166 g/mol. The molecule has 1 nitrogen and oxygen atoms in total. The second-order valence-electron chi connectivity index (χ2n) is 2.79. The van der Waals surface area contributed by atoms with Crippen LogP contribution in [0.3, 0.4) is 0 Å². The van der Waals surface area contributed by atoms with Gasteiger partial charge in [0.15, 0.2) is 0 Å². The van der Waals surface area contributed by atoms with Crippen molar-refractivity contribution in [2.24, 2.45) is 0 Å². The zero-order chi connectivity index (χ0) is 7.00. The molecule has 0 saturated heterocycles. The van der Waals surface area contributed by atoms with Crippen LogP contribution < -0.4 is 0 Å². The fourth-order valence-electron chi connectivity index (χ4n) is 0. The van der Waals surface area contributed by atoms with E-state index in [1.807, 2.05) is 20.8 Å². The van der Waals surface area contributed by atoms with Gasteiger partial charge in [0, 0.05) is 0 Å². The van der Waals surface area contributed by atoms with E-state index in [9.17, 15) is 0 Å². The second kappa shape index (κ2) is 2.30. The zero-order valence-corrected chi connectivity index (χ0v) is 7.72. The van der Waals surface area contributed by atoms with Crippen molar-refractivity contribution in [2.75, 3.05) is 0 Å². The van der Waals surface area contributed by atoms with E-state index in [1.165, 1.54) is 0 Å². The van der Waals surface area contributed by atoms with Gasteiger partial charge in [-0.2, -0.15) is 0 Å². The number of hydrogen-bond donors (Lipinski definition) is 1. The first kappa shape index (κ1) is 8.97. The summed E-state index contributed by atoms with van der Waals surface area (Å²) in [7, 11) is 0. The molecule has 0 atom stereocenters. The Morgan fingerprint density at radius 2 is 1.38 bits per heavy atom. The summed E-state index contributed by atoms with van der Waals surface area (Å²) in [5, 5.41) is -0.337. The van der Waals surface area contributed by atoms with Crippen LogP contribution in [-0.2, 0) is 0 Å². The summed E-state index contributed by atoms with van der Waals surface area (Å²) in [4.78, 5) is 9.02. The van der Waals surface area contributed by atoms with Crippen molar-refractivity contribution >= 4 is 28.7 Å². The Bertz CT molecular complexity index is 69.0. The molecule has 0 rings (SSSR count). The first-order chi connectivity index (χ1) is 3.25. The molecule has 0 amide bonds. The molecular formula is C4H11Cl2OP. The van der Waals surface area contributed by atoms with E-state index in [-0.39, 0.29) is 5.16 Å². The Balaban J connectivity index is 4.02. The predicted octanol–water partition coefficient (Wildman–Crippen LogP) is 2.75. The quantitative estimate of drug-likeness (QED) is 0.564. The van der Waals surface area contributed by atoms with Crippen LogP contribution in [0.15, 0.2) is 0 Å². The number of hydrogen-bond acceptors (Lipinski definition) is 1. The van der Waals surface area contributed by atoms with Gasteiger partial charge in [0.25, 0.3) is 0 Å². The Morgan fingerprint density at radius 3 is 1.38 bits per heavy atom. The van der Waals surface area contributed by atoms with E-state index in [1.54, 1.807) is 0 Å². The average Bonchev–Trinajstić information content (AvgIpc) is 1.25. The molecule has 1 N–H and O–H groups in total. The molecule has 0 aliphatic carbocycles. The maximum absolute atomic E-state index is 9.02. The summed E-state index contributed by atoms with van der Waals surface area (Å²) in [6.45, 7) is 5.46. The summed E-state index contributed by atoms with van der Waals surface area (Å²) in [6.07, 6.45) is -2.91. The van der Waals surface area contributed by atoms with E-state index >= 15 is 0 Å². The average molecular weight is 177 g/mol. The first-order valence-electron chi connectivity index (χ1n) is 2.35. The van der Waals surface area contributed by atoms with Crippen LogP contribution >= 0.6 is 28.7 Å². The van der Waals surface area contributed by atoms with E-state index in [0.717, 1.165) is 0 Å².